The van der Waals surface area contributed by atoms with Crippen LogP contribution in [0.25, 0.3) is 0 Å². The molecule has 136 valence electrons. The van der Waals surface area contributed by atoms with Crippen molar-refractivity contribution in [3.8, 4) is 0 Å². The van der Waals surface area contributed by atoms with Crippen molar-refractivity contribution >= 4 is 29.9 Å². The smallest absolute Gasteiger partial charge is 0.193 e. The van der Waals surface area contributed by atoms with Crippen molar-refractivity contribution in [3.05, 3.63) is 0 Å². The summed E-state index contributed by atoms with van der Waals surface area (Å²) < 4.78 is 0. The lowest BCUT2D eigenvalue weighted by Crippen LogP contribution is -2.41. The molecule has 6 heteroatoms. The maximum Gasteiger partial charge on any atom is 0.193 e. The SMILES string of the molecule is CCNC(=NCCN1CCCN(C)CC1)N1CCC(C)(C)C1.I. The third kappa shape index (κ3) is 7.13. The zero-order valence-corrected chi connectivity index (χ0v) is 17.8. The van der Waals surface area contributed by atoms with Crippen LogP contribution in [0.2, 0.25) is 0 Å². The minimum absolute atomic E-state index is 0. The number of rotatable bonds is 4. The monoisotopic (exact) mass is 437 g/mol. The Kier molecular flexibility index (Phi) is 9.15. The van der Waals surface area contributed by atoms with Crippen LogP contribution in [-0.2, 0) is 0 Å². The predicted molar refractivity (Wildman–Crippen MR) is 110 cm³/mol. The average Bonchev–Trinajstić information content (AvgIpc) is 2.69. The number of nitrogens with zero attached hydrogens (tertiary/aromatic N) is 4. The highest BCUT2D eigenvalue weighted by Crippen LogP contribution is 2.28. The average molecular weight is 437 g/mol. The number of nitrogens with one attached hydrogen (secondary N) is 1. The van der Waals surface area contributed by atoms with Gasteiger partial charge in [-0.25, -0.2) is 0 Å². The molecule has 0 saturated carbocycles. The molecule has 0 aliphatic carbocycles. The van der Waals surface area contributed by atoms with Crippen LogP contribution in [0.5, 0.6) is 0 Å². The van der Waals surface area contributed by atoms with E-state index >= 15 is 0 Å². The highest BCUT2D eigenvalue weighted by molar-refractivity contribution is 14.0. The van der Waals surface area contributed by atoms with Gasteiger partial charge in [0, 0.05) is 39.3 Å². The molecule has 2 fully saturated rings. The van der Waals surface area contributed by atoms with Gasteiger partial charge in [-0.05, 0) is 45.3 Å². The van der Waals surface area contributed by atoms with Gasteiger partial charge in [0.25, 0.3) is 0 Å². The molecular weight excluding hydrogens is 401 g/mol. The Hall–Kier alpha value is -0.0800. The summed E-state index contributed by atoms with van der Waals surface area (Å²) in [6, 6.07) is 0. The van der Waals surface area contributed by atoms with Gasteiger partial charge in [0.15, 0.2) is 5.96 Å². The lowest BCUT2D eigenvalue weighted by atomic mass is 9.93. The van der Waals surface area contributed by atoms with Crippen molar-refractivity contribution in [2.45, 2.75) is 33.6 Å². The van der Waals surface area contributed by atoms with Crippen molar-refractivity contribution in [3.63, 3.8) is 0 Å². The van der Waals surface area contributed by atoms with E-state index in [2.05, 4.69) is 47.8 Å². The normalized spacial score (nSPS) is 23.5. The molecule has 0 spiro atoms. The second-order valence-corrected chi connectivity index (χ2v) is 7.57. The second kappa shape index (κ2) is 10.0. The van der Waals surface area contributed by atoms with Crippen molar-refractivity contribution in [2.24, 2.45) is 10.4 Å². The summed E-state index contributed by atoms with van der Waals surface area (Å²) in [5.74, 6) is 1.11. The van der Waals surface area contributed by atoms with E-state index < -0.39 is 0 Å². The van der Waals surface area contributed by atoms with Gasteiger partial charge in [0.1, 0.15) is 0 Å². The molecule has 2 rings (SSSR count). The lowest BCUT2D eigenvalue weighted by molar-refractivity contribution is 0.282. The summed E-state index contributed by atoms with van der Waals surface area (Å²) in [6.45, 7) is 16.9. The van der Waals surface area contributed by atoms with Gasteiger partial charge in [-0.3, -0.25) is 4.99 Å². The number of aliphatic imine (C=N–C) groups is 1. The molecule has 0 radical (unpaired) electrons. The fourth-order valence-electron chi connectivity index (χ4n) is 3.34. The molecule has 0 atom stereocenters. The first-order valence-electron chi connectivity index (χ1n) is 8.94. The maximum atomic E-state index is 4.88. The molecule has 0 aromatic carbocycles. The molecule has 23 heavy (non-hydrogen) atoms. The Morgan fingerprint density at radius 1 is 1.13 bits per heavy atom. The van der Waals surface area contributed by atoms with Gasteiger partial charge in [-0.1, -0.05) is 13.8 Å². The first kappa shape index (κ1) is 21.0. The summed E-state index contributed by atoms with van der Waals surface area (Å²) in [7, 11) is 2.22. The van der Waals surface area contributed by atoms with Gasteiger partial charge < -0.3 is 20.0 Å². The van der Waals surface area contributed by atoms with E-state index in [1.165, 1.54) is 39.0 Å². The maximum absolute atomic E-state index is 4.88. The number of likely N-dealkylation sites (tertiary alicyclic amines) is 1. The molecule has 1 N–H and O–H groups in total. The Labute approximate surface area is 159 Å². The summed E-state index contributed by atoms with van der Waals surface area (Å²) >= 11 is 0. The Bertz CT molecular complexity index is 372. The quantitative estimate of drug-likeness (QED) is 0.414. The minimum atomic E-state index is 0. The molecule has 0 bridgehead atoms. The zero-order chi connectivity index (χ0) is 16.0. The van der Waals surface area contributed by atoms with Crippen LogP contribution in [0.4, 0.5) is 0 Å². The predicted octanol–water partition coefficient (Wildman–Crippen LogP) is 1.94. The lowest BCUT2D eigenvalue weighted by Gasteiger charge is -2.24. The Balaban J connectivity index is 0.00000264. The molecule has 5 nitrogen and oxygen atoms in total. The van der Waals surface area contributed by atoms with E-state index in [1.54, 1.807) is 0 Å². The number of hydrogen-bond donors (Lipinski definition) is 1. The third-order valence-electron chi connectivity index (χ3n) is 4.80. The van der Waals surface area contributed by atoms with E-state index in [0.717, 1.165) is 38.7 Å². The van der Waals surface area contributed by atoms with Gasteiger partial charge in [0.2, 0.25) is 0 Å². The first-order chi connectivity index (χ1) is 10.5. The van der Waals surface area contributed by atoms with Gasteiger partial charge in [-0.2, -0.15) is 0 Å². The van der Waals surface area contributed by atoms with E-state index in [0.29, 0.717) is 5.41 Å². The largest absolute Gasteiger partial charge is 0.357 e. The fourth-order valence-corrected chi connectivity index (χ4v) is 3.34. The molecule has 2 aliphatic heterocycles. The van der Waals surface area contributed by atoms with Gasteiger partial charge in [0.05, 0.1) is 6.54 Å². The summed E-state index contributed by atoms with van der Waals surface area (Å²) in [5, 5.41) is 3.47. The van der Waals surface area contributed by atoms with Crippen LogP contribution in [-0.4, -0.2) is 86.6 Å². The highest BCUT2D eigenvalue weighted by atomic mass is 127. The molecule has 2 saturated heterocycles. The molecule has 0 unspecified atom stereocenters. The van der Waals surface area contributed by atoms with Crippen LogP contribution >= 0.6 is 24.0 Å². The Morgan fingerprint density at radius 2 is 1.91 bits per heavy atom. The van der Waals surface area contributed by atoms with Gasteiger partial charge in [-0.15, -0.1) is 24.0 Å². The molecule has 2 aliphatic rings. The highest BCUT2D eigenvalue weighted by Gasteiger charge is 2.30. The standard InChI is InChI=1S/C17H35N5.HI/c1-5-18-16(22-11-7-17(2,3)15-22)19-8-12-21-10-6-9-20(4)13-14-21;/h5-15H2,1-4H3,(H,18,19);1H. The van der Waals surface area contributed by atoms with Crippen LogP contribution in [0.15, 0.2) is 4.99 Å². The zero-order valence-electron chi connectivity index (χ0n) is 15.5. The van der Waals surface area contributed by atoms with Gasteiger partial charge >= 0.3 is 0 Å². The molecule has 0 aromatic heterocycles. The number of guanidine groups is 1. The Morgan fingerprint density at radius 3 is 2.57 bits per heavy atom. The summed E-state index contributed by atoms with van der Waals surface area (Å²) in [6.07, 6.45) is 2.54. The van der Waals surface area contributed by atoms with Crippen LogP contribution in [0, 0.1) is 5.41 Å². The number of likely N-dealkylation sites (N-methyl/N-ethyl adjacent to an activating group) is 1. The topological polar surface area (TPSA) is 34.1 Å². The van der Waals surface area contributed by atoms with Crippen LogP contribution in [0.3, 0.4) is 0 Å². The van der Waals surface area contributed by atoms with E-state index in [-0.39, 0.29) is 24.0 Å². The number of halogens is 1. The summed E-state index contributed by atoms with van der Waals surface area (Å²) in [5.41, 5.74) is 0.422. The number of hydrogen-bond acceptors (Lipinski definition) is 3. The van der Waals surface area contributed by atoms with Crippen molar-refractivity contribution in [1.29, 1.82) is 0 Å². The molecule has 2 heterocycles. The van der Waals surface area contributed by atoms with Crippen molar-refractivity contribution in [1.82, 2.24) is 20.0 Å². The van der Waals surface area contributed by atoms with E-state index in [1.807, 2.05) is 0 Å². The third-order valence-corrected chi connectivity index (χ3v) is 4.80. The first-order valence-corrected chi connectivity index (χ1v) is 8.94. The van der Waals surface area contributed by atoms with E-state index in [4.69, 9.17) is 4.99 Å². The molecule has 0 aromatic rings. The van der Waals surface area contributed by atoms with Crippen molar-refractivity contribution < 1.29 is 0 Å². The van der Waals surface area contributed by atoms with E-state index in [9.17, 15) is 0 Å². The van der Waals surface area contributed by atoms with Crippen LogP contribution in [0.1, 0.15) is 33.6 Å². The second-order valence-electron chi connectivity index (χ2n) is 7.57. The molecular formula is C17H36IN5. The fraction of sp³-hybridized carbons (Fsp3) is 0.941. The minimum Gasteiger partial charge on any atom is -0.357 e. The van der Waals surface area contributed by atoms with Crippen LogP contribution < -0.4 is 5.32 Å². The molecule has 0 amide bonds. The summed E-state index contributed by atoms with van der Waals surface area (Å²) in [4.78, 5) is 12.3. The van der Waals surface area contributed by atoms with Crippen molar-refractivity contribution in [2.75, 3.05) is 66.0 Å².